The summed E-state index contributed by atoms with van der Waals surface area (Å²) in [4.78, 5) is 14.6. The molecule has 0 spiro atoms. The lowest BCUT2D eigenvalue weighted by Crippen LogP contribution is -2.28. The zero-order chi connectivity index (χ0) is 37.5. The summed E-state index contributed by atoms with van der Waals surface area (Å²) in [5.41, 5.74) is 12.6. The fraction of sp³-hybridized carbons (Fsp3) is 0.0385. The van der Waals surface area contributed by atoms with E-state index in [9.17, 15) is 0 Å². The molecule has 2 atom stereocenters. The number of hydrogen-bond acceptors (Lipinski definition) is 4. The summed E-state index contributed by atoms with van der Waals surface area (Å²) < 4.78 is 3.37. The fourth-order valence-corrected chi connectivity index (χ4v) is 10.3. The molecule has 0 amide bonds. The largest absolute Gasteiger partial charge is 0.333 e. The second kappa shape index (κ2) is 12.7. The van der Waals surface area contributed by atoms with Gasteiger partial charge in [0.25, 0.3) is 0 Å². The van der Waals surface area contributed by atoms with Crippen molar-refractivity contribution in [1.82, 2.24) is 14.5 Å². The summed E-state index contributed by atoms with van der Waals surface area (Å²) in [5.74, 6) is 0.949. The van der Waals surface area contributed by atoms with Crippen LogP contribution in [-0.2, 0) is 0 Å². The summed E-state index contributed by atoms with van der Waals surface area (Å²) in [6.07, 6.45) is 9.09. The molecule has 0 radical (unpaired) electrons. The number of para-hydroxylation sites is 2. The SMILES string of the molecule is C1=CC2c3cccc(-c4ccc5c(c4)c4c6ccccc6ccc4n5-c4nc(-c5ccccc5)c5sc(-c6ccccc6)cc5n4)c3N(c3ccccc3)C2C=C1. The van der Waals surface area contributed by atoms with E-state index >= 15 is 0 Å². The van der Waals surface area contributed by atoms with Crippen LogP contribution in [0.15, 0.2) is 194 Å². The number of nitrogens with zero attached hydrogens (tertiary/aromatic N) is 4. The second-order valence-electron chi connectivity index (χ2n) is 14.9. The minimum atomic E-state index is 0.216. The van der Waals surface area contributed by atoms with Gasteiger partial charge >= 0.3 is 0 Å². The first kappa shape index (κ1) is 32.2. The van der Waals surface area contributed by atoms with Gasteiger partial charge in [0, 0.05) is 38.4 Å². The molecule has 4 heterocycles. The van der Waals surface area contributed by atoms with Crippen LogP contribution in [0.1, 0.15) is 11.5 Å². The van der Waals surface area contributed by atoms with Gasteiger partial charge in [-0.1, -0.05) is 158 Å². The highest BCUT2D eigenvalue weighted by Gasteiger charge is 2.39. The predicted octanol–water partition coefficient (Wildman–Crippen LogP) is 13.7. The van der Waals surface area contributed by atoms with Crippen LogP contribution in [-0.4, -0.2) is 20.6 Å². The number of thiophene rings is 1. The summed E-state index contributed by atoms with van der Waals surface area (Å²) in [7, 11) is 0. The van der Waals surface area contributed by atoms with E-state index in [-0.39, 0.29) is 12.0 Å². The molecule has 7 aromatic carbocycles. The van der Waals surface area contributed by atoms with E-state index in [1.807, 2.05) is 0 Å². The number of anilines is 2. The Morgan fingerprint density at radius 1 is 0.544 bits per heavy atom. The Kier molecular flexibility index (Phi) is 7.19. The summed E-state index contributed by atoms with van der Waals surface area (Å²) in [5, 5.41) is 4.81. The van der Waals surface area contributed by atoms with Crippen LogP contribution in [0.5, 0.6) is 0 Å². The third kappa shape index (κ3) is 4.99. The molecule has 0 fully saturated rings. The topological polar surface area (TPSA) is 34.0 Å². The normalized spacial score (nSPS) is 15.9. The lowest BCUT2D eigenvalue weighted by molar-refractivity contribution is 0.745. The Balaban J connectivity index is 1.12. The number of fused-ring (bicyclic) bond motifs is 9. The number of hydrogen-bond donors (Lipinski definition) is 0. The minimum absolute atomic E-state index is 0.216. The maximum absolute atomic E-state index is 5.46. The lowest BCUT2D eigenvalue weighted by atomic mass is 9.90. The van der Waals surface area contributed by atoms with E-state index in [1.165, 1.54) is 60.1 Å². The molecular formula is C52H34N4S. The Morgan fingerprint density at radius 3 is 2.12 bits per heavy atom. The zero-order valence-corrected chi connectivity index (χ0v) is 31.6. The van der Waals surface area contributed by atoms with Crippen molar-refractivity contribution in [2.75, 3.05) is 4.90 Å². The van der Waals surface area contributed by atoms with Gasteiger partial charge in [-0.2, -0.15) is 0 Å². The first-order valence-corrected chi connectivity index (χ1v) is 20.3. The van der Waals surface area contributed by atoms with Crippen molar-refractivity contribution in [3.63, 3.8) is 0 Å². The maximum atomic E-state index is 5.46. The zero-order valence-electron chi connectivity index (χ0n) is 30.8. The van der Waals surface area contributed by atoms with E-state index < -0.39 is 0 Å². The smallest absolute Gasteiger partial charge is 0.235 e. The Morgan fingerprint density at radius 2 is 1.28 bits per heavy atom. The van der Waals surface area contributed by atoms with Crippen molar-refractivity contribution in [2.24, 2.45) is 0 Å². The van der Waals surface area contributed by atoms with Crippen LogP contribution >= 0.6 is 11.3 Å². The standard InChI is InChI=1S/C52H34N4S/c1-4-16-34(17-5-1)47-32-43-51(57-47)49(35-18-6-2-7-19-35)54-52(53-43)56-45-29-28-36(31-42(45)48-38-22-11-10-15-33(38)27-30-46(48)56)39-24-14-25-41-40-23-12-13-26-44(40)55(50(39)41)37-20-8-3-9-21-37/h1-32,40,44H. The van der Waals surface area contributed by atoms with Crippen LogP contribution < -0.4 is 4.90 Å². The van der Waals surface area contributed by atoms with Crippen LogP contribution in [0.25, 0.3) is 81.6 Å². The highest BCUT2D eigenvalue weighted by Crippen LogP contribution is 2.52. The molecule has 1 aliphatic carbocycles. The molecule has 0 saturated carbocycles. The van der Waals surface area contributed by atoms with E-state index in [4.69, 9.17) is 9.97 Å². The quantitative estimate of drug-likeness (QED) is 0.176. The maximum Gasteiger partial charge on any atom is 0.235 e. The van der Waals surface area contributed by atoms with Crippen molar-refractivity contribution in [3.8, 4) is 38.8 Å². The molecule has 3 aromatic heterocycles. The van der Waals surface area contributed by atoms with E-state index in [1.54, 1.807) is 11.3 Å². The molecule has 12 rings (SSSR count). The average Bonchev–Trinajstić information content (AvgIpc) is 3.97. The molecule has 5 heteroatoms. The second-order valence-corrected chi connectivity index (χ2v) is 16.0. The molecule has 1 aliphatic heterocycles. The van der Waals surface area contributed by atoms with Crippen LogP contribution in [0.3, 0.4) is 0 Å². The van der Waals surface area contributed by atoms with Crippen molar-refractivity contribution in [1.29, 1.82) is 0 Å². The first-order valence-electron chi connectivity index (χ1n) is 19.5. The van der Waals surface area contributed by atoms with Gasteiger partial charge in [-0.05, 0) is 63.9 Å². The summed E-state index contributed by atoms with van der Waals surface area (Å²) >= 11 is 1.76. The van der Waals surface area contributed by atoms with Crippen LogP contribution in [0.2, 0.25) is 0 Å². The molecule has 0 saturated heterocycles. The monoisotopic (exact) mass is 746 g/mol. The molecule has 2 aliphatic rings. The van der Waals surface area contributed by atoms with Gasteiger partial charge in [0.05, 0.1) is 38.7 Å². The Bertz CT molecular complexity index is 3250. The number of benzene rings is 7. The number of rotatable bonds is 5. The summed E-state index contributed by atoms with van der Waals surface area (Å²) in [6, 6.07) is 61.4. The van der Waals surface area contributed by atoms with E-state index in [0.29, 0.717) is 5.95 Å². The average molecular weight is 747 g/mol. The van der Waals surface area contributed by atoms with E-state index in [0.717, 1.165) is 32.5 Å². The minimum Gasteiger partial charge on any atom is -0.333 e. The molecule has 0 bridgehead atoms. The Hall–Kier alpha value is -7.08. The van der Waals surface area contributed by atoms with Crippen LogP contribution in [0.4, 0.5) is 11.4 Å². The molecule has 268 valence electrons. The molecule has 57 heavy (non-hydrogen) atoms. The fourth-order valence-electron chi connectivity index (χ4n) is 9.23. The molecule has 10 aromatic rings. The molecule has 2 unspecified atom stereocenters. The van der Waals surface area contributed by atoms with Crippen molar-refractivity contribution in [3.05, 3.63) is 200 Å². The third-order valence-electron chi connectivity index (χ3n) is 11.7. The highest BCUT2D eigenvalue weighted by molar-refractivity contribution is 7.22. The van der Waals surface area contributed by atoms with Gasteiger partial charge in [-0.15, -0.1) is 11.3 Å². The predicted molar refractivity (Wildman–Crippen MR) is 239 cm³/mol. The first-order chi connectivity index (χ1) is 28.3. The van der Waals surface area contributed by atoms with Gasteiger partial charge < -0.3 is 4.90 Å². The third-order valence-corrected chi connectivity index (χ3v) is 12.9. The van der Waals surface area contributed by atoms with Crippen LogP contribution in [0, 0.1) is 0 Å². The highest BCUT2D eigenvalue weighted by atomic mass is 32.1. The van der Waals surface area contributed by atoms with Gasteiger partial charge in [-0.25, -0.2) is 9.97 Å². The lowest BCUT2D eigenvalue weighted by Gasteiger charge is -2.29. The van der Waals surface area contributed by atoms with Crippen molar-refractivity contribution in [2.45, 2.75) is 12.0 Å². The van der Waals surface area contributed by atoms with Gasteiger partial charge in [0.2, 0.25) is 5.95 Å². The Labute approximate surface area is 334 Å². The molecular weight excluding hydrogens is 713 g/mol. The van der Waals surface area contributed by atoms with Gasteiger partial charge in [-0.3, -0.25) is 4.57 Å². The number of aromatic nitrogens is 3. The van der Waals surface area contributed by atoms with Crippen molar-refractivity contribution >= 4 is 65.5 Å². The van der Waals surface area contributed by atoms with Gasteiger partial charge in [0.1, 0.15) is 0 Å². The molecule has 4 nitrogen and oxygen atoms in total. The van der Waals surface area contributed by atoms with Crippen molar-refractivity contribution < 1.29 is 0 Å². The van der Waals surface area contributed by atoms with E-state index in [2.05, 4.69) is 204 Å². The van der Waals surface area contributed by atoms with Gasteiger partial charge in [0.15, 0.2) is 0 Å². The molecule has 0 N–H and O–H groups in total. The summed E-state index contributed by atoms with van der Waals surface area (Å²) in [6.45, 7) is 0. The number of allylic oxidation sites excluding steroid dienone is 2.